The summed E-state index contributed by atoms with van der Waals surface area (Å²) >= 11 is 0. The summed E-state index contributed by atoms with van der Waals surface area (Å²) in [5, 5.41) is 3.51. The molecule has 1 heterocycles. The number of benzene rings is 2. The van der Waals surface area contributed by atoms with Crippen molar-refractivity contribution < 1.29 is 0 Å². The van der Waals surface area contributed by atoms with E-state index in [2.05, 4.69) is 76.8 Å². The van der Waals surface area contributed by atoms with E-state index in [0.29, 0.717) is 0 Å². The fraction of sp³-hybridized carbons (Fsp3) is 0.400. The molecule has 0 amide bonds. The van der Waals surface area contributed by atoms with Crippen LogP contribution in [0.2, 0.25) is 0 Å². The van der Waals surface area contributed by atoms with E-state index in [1.54, 1.807) is 0 Å². The van der Waals surface area contributed by atoms with Crippen LogP contribution in [0.25, 0.3) is 0 Å². The Morgan fingerprint density at radius 1 is 0.826 bits per heavy atom. The molecule has 0 aromatic heterocycles. The molecule has 0 aliphatic carbocycles. The first-order chi connectivity index (χ1) is 11.3. The topological polar surface area (TPSA) is 18.5 Å². The average molecular weight is 309 g/mol. The van der Waals surface area contributed by atoms with Crippen molar-refractivity contribution in [1.29, 1.82) is 0 Å². The Hall–Kier alpha value is -1.84. The van der Waals surface area contributed by atoms with Crippen molar-refractivity contribution in [3.8, 4) is 0 Å². The smallest absolute Gasteiger partial charge is 0.0340 e. The van der Waals surface area contributed by atoms with Gasteiger partial charge >= 0.3 is 0 Å². The zero-order valence-electron chi connectivity index (χ0n) is 14.0. The predicted molar refractivity (Wildman–Crippen MR) is 97.9 cm³/mol. The zero-order valence-corrected chi connectivity index (χ0v) is 14.0. The van der Waals surface area contributed by atoms with Crippen molar-refractivity contribution in [1.82, 2.24) is 9.80 Å². The minimum absolute atomic E-state index is 0.974. The van der Waals surface area contributed by atoms with Gasteiger partial charge < -0.3 is 10.2 Å². The molecule has 0 bridgehead atoms. The molecule has 23 heavy (non-hydrogen) atoms. The number of hydrogen-bond donors (Lipinski definition) is 1. The van der Waals surface area contributed by atoms with Crippen LogP contribution >= 0.6 is 0 Å². The maximum atomic E-state index is 3.51. The number of rotatable bonds is 6. The first-order valence-electron chi connectivity index (χ1n) is 8.57. The van der Waals surface area contributed by atoms with E-state index in [1.165, 1.54) is 43.0 Å². The van der Waals surface area contributed by atoms with Gasteiger partial charge in [0.25, 0.3) is 0 Å². The third-order valence-electron chi connectivity index (χ3n) is 4.54. The molecule has 122 valence electrons. The molecule has 1 saturated heterocycles. The van der Waals surface area contributed by atoms with Crippen LogP contribution in [-0.4, -0.2) is 49.6 Å². The molecule has 1 fully saturated rings. The third-order valence-corrected chi connectivity index (χ3v) is 4.54. The summed E-state index contributed by atoms with van der Waals surface area (Å²) in [5.41, 5.74) is 4.00. The summed E-state index contributed by atoms with van der Waals surface area (Å²) in [5.74, 6) is 0. The van der Waals surface area contributed by atoms with Crippen molar-refractivity contribution in [2.45, 2.75) is 13.0 Å². The van der Waals surface area contributed by atoms with E-state index in [0.717, 1.165) is 19.5 Å². The second-order valence-electron chi connectivity index (χ2n) is 6.44. The largest absolute Gasteiger partial charge is 0.385 e. The molecule has 0 atom stereocenters. The molecule has 1 aliphatic rings. The van der Waals surface area contributed by atoms with Crippen molar-refractivity contribution in [3.63, 3.8) is 0 Å². The maximum Gasteiger partial charge on any atom is 0.0340 e. The van der Waals surface area contributed by atoms with Crippen LogP contribution in [0.3, 0.4) is 0 Å². The van der Waals surface area contributed by atoms with Crippen LogP contribution in [0.4, 0.5) is 5.69 Å². The summed E-state index contributed by atoms with van der Waals surface area (Å²) < 4.78 is 0. The van der Waals surface area contributed by atoms with E-state index in [-0.39, 0.29) is 0 Å². The Balaban J connectivity index is 1.43. The highest BCUT2D eigenvalue weighted by Gasteiger charge is 2.13. The van der Waals surface area contributed by atoms with Gasteiger partial charge in [-0.3, -0.25) is 4.90 Å². The van der Waals surface area contributed by atoms with Gasteiger partial charge in [-0.15, -0.1) is 0 Å². The second-order valence-corrected chi connectivity index (χ2v) is 6.44. The van der Waals surface area contributed by atoms with Crippen LogP contribution in [0.15, 0.2) is 54.6 Å². The number of nitrogens with zero attached hydrogens (tertiary/aromatic N) is 2. The number of nitrogens with one attached hydrogen (secondary N) is 1. The molecular weight excluding hydrogens is 282 g/mol. The highest BCUT2D eigenvalue weighted by molar-refractivity contribution is 5.44. The van der Waals surface area contributed by atoms with E-state index < -0.39 is 0 Å². The Morgan fingerprint density at radius 2 is 1.52 bits per heavy atom. The first-order valence-corrected chi connectivity index (χ1v) is 8.57. The van der Waals surface area contributed by atoms with Crippen molar-refractivity contribution in [3.05, 3.63) is 65.7 Å². The summed E-state index contributed by atoms with van der Waals surface area (Å²) in [4.78, 5) is 4.94. The normalized spacial score (nSPS) is 16.4. The third kappa shape index (κ3) is 5.08. The number of anilines is 1. The highest BCUT2D eigenvalue weighted by Crippen LogP contribution is 2.13. The number of hydrogen-bond acceptors (Lipinski definition) is 3. The lowest BCUT2D eigenvalue weighted by Gasteiger charge is -2.32. The molecule has 2 aromatic rings. The van der Waals surface area contributed by atoms with Gasteiger partial charge in [0.05, 0.1) is 0 Å². The number of likely N-dealkylation sites (N-methyl/N-ethyl adjacent to an activating group) is 1. The molecule has 1 N–H and O–H groups in total. The fourth-order valence-electron chi connectivity index (χ4n) is 2.99. The minimum Gasteiger partial charge on any atom is -0.385 e. The van der Waals surface area contributed by atoms with Crippen LogP contribution in [0, 0.1) is 0 Å². The van der Waals surface area contributed by atoms with E-state index in [4.69, 9.17) is 0 Å². The number of piperazine rings is 1. The monoisotopic (exact) mass is 309 g/mol. The van der Waals surface area contributed by atoms with E-state index >= 15 is 0 Å². The molecule has 0 unspecified atom stereocenters. The standard InChI is InChI=1S/C20H27N3/c1-22-13-15-23(16-14-22)17-19-7-9-20(10-8-19)21-12-11-18-5-3-2-4-6-18/h2-10,21H,11-17H2,1H3. The highest BCUT2D eigenvalue weighted by atomic mass is 15.2. The summed E-state index contributed by atoms with van der Waals surface area (Å²) in [6.07, 6.45) is 1.06. The maximum absolute atomic E-state index is 3.51. The second kappa shape index (κ2) is 8.14. The van der Waals surface area contributed by atoms with Gasteiger partial charge in [-0.05, 0) is 36.7 Å². The Labute approximate surface area is 139 Å². The molecule has 3 rings (SSSR count). The van der Waals surface area contributed by atoms with Gasteiger partial charge in [-0.25, -0.2) is 0 Å². The first kappa shape index (κ1) is 16.0. The summed E-state index contributed by atoms with van der Waals surface area (Å²) in [6.45, 7) is 6.75. The lowest BCUT2D eigenvalue weighted by molar-refractivity contribution is 0.148. The zero-order chi connectivity index (χ0) is 15.9. The Kier molecular flexibility index (Phi) is 5.67. The quantitative estimate of drug-likeness (QED) is 0.884. The average Bonchev–Trinajstić information content (AvgIpc) is 2.59. The van der Waals surface area contributed by atoms with Crippen molar-refractivity contribution >= 4 is 5.69 Å². The van der Waals surface area contributed by atoms with E-state index in [9.17, 15) is 0 Å². The molecule has 2 aromatic carbocycles. The molecule has 3 nitrogen and oxygen atoms in total. The predicted octanol–water partition coefficient (Wildman–Crippen LogP) is 3.09. The van der Waals surface area contributed by atoms with Gasteiger partial charge in [0.2, 0.25) is 0 Å². The SMILES string of the molecule is CN1CCN(Cc2ccc(NCCc3ccccc3)cc2)CC1. The molecule has 0 radical (unpaired) electrons. The molecule has 1 aliphatic heterocycles. The van der Waals surface area contributed by atoms with Gasteiger partial charge in [0, 0.05) is 45.0 Å². The van der Waals surface area contributed by atoms with Crippen LogP contribution in [-0.2, 0) is 13.0 Å². The van der Waals surface area contributed by atoms with Gasteiger partial charge in [0.1, 0.15) is 0 Å². The van der Waals surface area contributed by atoms with Gasteiger partial charge in [0.15, 0.2) is 0 Å². The van der Waals surface area contributed by atoms with Crippen LogP contribution in [0.1, 0.15) is 11.1 Å². The Bertz CT molecular complexity index is 572. The summed E-state index contributed by atoms with van der Waals surface area (Å²) in [7, 11) is 2.20. The lowest BCUT2D eigenvalue weighted by atomic mass is 10.1. The fourth-order valence-corrected chi connectivity index (χ4v) is 2.99. The molecular formula is C20H27N3. The molecule has 3 heteroatoms. The minimum atomic E-state index is 0.974. The van der Waals surface area contributed by atoms with Gasteiger partial charge in [-0.1, -0.05) is 42.5 Å². The van der Waals surface area contributed by atoms with Gasteiger partial charge in [-0.2, -0.15) is 0 Å². The lowest BCUT2D eigenvalue weighted by Crippen LogP contribution is -2.43. The molecule has 0 saturated carbocycles. The van der Waals surface area contributed by atoms with E-state index in [1.807, 2.05) is 0 Å². The van der Waals surface area contributed by atoms with Crippen molar-refractivity contribution in [2.75, 3.05) is 45.1 Å². The van der Waals surface area contributed by atoms with Crippen molar-refractivity contribution in [2.24, 2.45) is 0 Å². The van der Waals surface area contributed by atoms with Crippen LogP contribution in [0.5, 0.6) is 0 Å². The Morgan fingerprint density at radius 3 is 2.22 bits per heavy atom. The molecule has 0 spiro atoms. The van der Waals surface area contributed by atoms with Crippen LogP contribution < -0.4 is 5.32 Å². The summed E-state index contributed by atoms with van der Waals surface area (Å²) in [6, 6.07) is 19.5.